The second-order valence-corrected chi connectivity index (χ2v) is 3.14. The van der Waals surface area contributed by atoms with Crippen molar-refractivity contribution in [3.8, 4) is 0 Å². The summed E-state index contributed by atoms with van der Waals surface area (Å²) in [6.45, 7) is -0.608. The first-order valence-electron chi connectivity index (χ1n) is 4.77. The number of aromatic nitrogens is 1. The largest absolute Gasteiger partial charge is 0.467 e. The predicted molar refractivity (Wildman–Crippen MR) is 57.4 cm³/mol. The molecule has 0 aliphatic heterocycles. The van der Waals surface area contributed by atoms with Crippen molar-refractivity contribution in [2.45, 2.75) is 6.04 Å². The number of hydrogen-bond acceptors (Lipinski definition) is 5. The molecule has 1 amide bonds. The zero-order valence-electron chi connectivity index (χ0n) is 9.10. The summed E-state index contributed by atoms with van der Waals surface area (Å²) in [7, 11) is 1.13. The van der Waals surface area contributed by atoms with Crippen LogP contribution in [0.3, 0.4) is 0 Å². The van der Waals surface area contributed by atoms with Gasteiger partial charge in [0.2, 0.25) is 0 Å². The van der Waals surface area contributed by atoms with E-state index in [0.29, 0.717) is 0 Å². The number of esters is 1. The lowest BCUT2D eigenvalue weighted by molar-refractivity contribution is -0.143. The van der Waals surface area contributed by atoms with Crippen LogP contribution < -0.4 is 10.9 Å². The minimum Gasteiger partial charge on any atom is -0.467 e. The molecule has 1 aromatic heterocycles. The Kier molecular flexibility index (Phi) is 4.41. The summed E-state index contributed by atoms with van der Waals surface area (Å²) in [5.74, 6) is -1.54. The van der Waals surface area contributed by atoms with Crippen LogP contribution in [0, 0.1) is 0 Å². The number of nitrogens with one attached hydrogen (secondary N) is 2. The third-order valence-corrected chi connectivity index (χ3v) is 2.04. The molecule has 92 valence electrons. The maximum absolute atomic E-state index is 11.6. The Morgan fingerprint density at radius 1 is 1.59 bits per heavy atom. The first-order chi connectivity index (χ1) is 8.10. The van der Waals surface area contributed by atoms with Gasteiger partial charge in [-0.1, -0.05) is 0 Å². The summed E-state index contributed by atoms with van der Waals surface area (Å²) in [6.07, 6.45) is 1.38. The van der Waals surface area contributed by atoms with Crippen molar-refractivity contribution in [1.29, 1.82) is 0 Å². The van der Waals surface area contributed by atoms with Gasteiger partial charge in [-0.05, 0) is 12.1 Å². The molecule has 0 radical (unpaired) electrons. The Labute approximate surface area is 96.4 Å². The van der Waals surface area contributed by atoms with Crippen molar-refractivity contribution >= 4 is 11.9 Å². The highest BCUT2D eigenvalue weighted by Gasteiger charge is 2.22. The van der Waals surface area contributed by atoms with Crippen molar-refractivity contribution in [3.05, 3.63) is 34.2 Å². The van der Waals surface area contributed by atoms with E-state index in [-0.39, 0.29) is 5.56 Å². The van der Waals surface area contributed by atoms with Crippen LogP contribution in [0.1, 0.15) is 10.4 Å². The highest BCUT2D eigenvalue weighted by atomic mass is 16.5. The first kappa shape index (κ1) is 12.9. The number of H-pyrrole nitrogens is 1. The molecule has 0 spiro atoms. The number of rotatable bonds is 4. The standard InChI is InChI=1S/C10H12N2O5/c1-17-10(16)7(5-13)12-9(15)6-3-2-4-11-8(6)14/h2-4,7,13H,5H2,1H3,(H,11,14)(H,12,15). The monoisotopic (exact) mass is 240 g/mol. The van der Waals surface area contributed by atoms with Crippen molar-refractivity contribution in [2.24, 2.45) is 0 Å². The summed E-state index contributed by atoms with van der Waals surface area (Å²) in [5.41, 5.74) is -0.721. The summed E-state index contributed by atoms with van der Waals surface area (Å²) < 4.78 is 4.37. The summed E-state index contributed by atoms with van der Waals surface area (Å²) in [4.78, 5) is 36.3. The van der Waals surface area contributed by atoms with E-state index in [1.54, 1.807) is 0 Å². The van der Waals surface area contributed by atoms with Crippen LogP contribution in [0.4, 0.5) is 0 Å². The second kappa shape index (κ2) is 5.80. The normalized spacial score (nSPS) is 11.6. The summed E-state index contributed by atoms with van der Waals surface area (Å²) in [6, 6.07) is 1.59. The van der Waals surface area contributed by atoms with Crippen LogP contribution in [-0.2, 0) is 9.53 Å². The van der Waals surface area contributed by atoms with E-state index in [9.17, 15) is 14.4 Å². The molecule has 0 fully saturated rings. The average Bonchev–Trinajstić information content (AvgIpc) is 2.35. The zero-order chi connectivity index (χ0) is 12.8. The van der Waals surface area contributed by atoms with Gasteiger partial charge in [-0.2, -0.15) is 0 Å². The molecule has 0 aliphatic carbocycles. The number of aromatic amines is 1. The van der Waals surface area contributed by atoms with Gasteiger partial charge in [0.15, 0.2) is 6.04 Å². The molecule has 0 aromatic carbocycles. The minimum absolute atomic E-state index is 0.144. The van der Waals surface area contributed by atoms with Crippen LogP contribution in [0.2, 0.25) is 0 Å². The molecule has 0 saturated carbocycles. The number of carbonyl (C=O) groups excluding carboxylic acids is 2. The molecular formula is C10H12N2O5. The van der Waals surface area contributed by atoms with Crippen LogP contribution >= 0.6 is 0 Å². The average molecular weight is 240 g/mol. The summed E-state index contributed by atoms with van der Waals surface area (Å²) >= 11 is 0. The SMILES string of the molecule is COC(=O)C(CO)NC(=O)c1ccc[nH]c1=O. The maximum Gasteiger partial charge on any atom is 0.330 e. The lowest BCUT2D eigenvalue weighted by Crippen LogP contribution is -2.45. The predicted octanol–water partition coefficient (Wildman–Crippen LogP) is -1.36. The van der Waals surface area contributed by atoms with E-state index in [4.69, 9.17) is 5.11 Å². The molecule has 7 nitrogen and oxygen atoms in total. The van der Waals surface area contributed by atoms with Crippen molar-refractivity contribution in [1.82, 2.24) is 10.3 Å². The minimum atomic E-state index is -1.19. The molecule has 1 aromatic rings. The van der Waals surface area contributed by atoms with Gasteiger partial charge < -0.3 is 20.1 Å². The number of aliphatic hydroxyl groups excluding tert-OH is 1. The first-order valence-corrected chi connectivity index (χ1v) is 4.77. The van der Waals surface area contributed by atoms with E-state index < -0.39 is 30.1 Å². The molecule has 0 bridgehead atoms. The van der Waals surface area contributed by atoms with E-state index in [1.165, 1.54) is 18.3 Å². The Morgan fingerprint density at radius 2 is 2.29 bits per heavy atom. The highest BCUT2D eigenvalue weighted by molar-refractivity contribution is 5.96. The van der Waals surface area contributed by atoms with E-state index in [1.807, 2.05) is 0 Å². The van der Waals surface area contributed by atoms with Crippen LogP contribution in [0.25, 0.3) is 0 Å². The summed E-state index contributed by atoms with van der Waals surface area (Å²) in [5, 5.41) is 11.1. The Balaban J connectivity index is 2.82. The van der Waals surface area contributed by atoms with Gasteiger partial charge in [-0.3, -0.25) is 9.59 Å². The maximum atomic E-state index is 11.6. The van der Waals surface area contributed by atoms with Gasteiger partial charge in [-0.25, -0.2) is 4.79 Å². The third kappa shape index (κ3) is 3.15. The number of hydrogen-bond donors (Lipinski definition) is 3. The molecule has 7 heteroatoms. The lowest BCUT2D eigenvalue weighted by Gasteiger charge is -2.13. The molecule has 1 unspecified atom stereocenters. The van der Waals surface area contributed by atoms with E-state index >= 15 is 0 Å². The fourth-order valence-electron chi connectivity index (χ4n) is 1.16. The third-order valence-electron chi connectivity index (χ3n) is 2.04. The van der Waals surface area contributed by atoms with Crippen molar-refractivity contribution in [2.75, 3.05) is 13.7 Å². The van der Waals surface area contributed by atoms with Gasteiger partial charge in [0.25, 0.3) is 11.5 Å². The number of methoxy groups -OCH3 is 1. The smallest absolute Gasteiger partial charge is 0.330 e. The van der Waals surface area contributed by atoms with Crippen LogP contribution in [0.15, 0.2) is 23.1 Å². The van der Waals surface area contributed by atoms with Crippen molar-refractivity contribution < 1.29 is 19.4 Å². The molecule has 0 aliphatic rings. The number of aliphatic hydroxyl groups is 1. The number of amides is 1. The van der Waals surface area contributed by atoms with Gasteiger partial charge in [0.05, 0.1) is 13.7 Å². The second-order valence-electron chi connectivity index (χ2n) is 3.14. The molecule has 1 atom stereocenters. The molecule has 1 rings (SSSR count). The van der Waals surface area contributed by atoms with Crippen molar-refractivity contribution in [3.63, 3.8) is 0 Å². The zero-order valence-corrected chi connectivity index (χ0v) is 9.10. The Hall–Kier alpha value is -2.15. The number of pyridine rings is 1. The molecular weight excluding hydrogens is 228 g/mol. The Bertz CT molecular complexity index is 468. The van der Waals surface area contributed by atoms with E-state index in [2.05, 4.69) is 15.0 Å². The van der Waals surface area contributed by atoms with Gasteiger partial charge in [0.1, 0.15) is 5.56 Å². The molecule has 17 heavy (non-hydrogen) atoms. The van der Waals surface area contributed by atoms with Crippen LogP contribution in [0.5, 0.6) is 0 Å². The Morgan fingerprint density at radius 3 is 2.82 bits per heavy atom. The topological polar surface area (TPSA) is 108 Å². The van der Waals surface area contributed by atoms with Gasteiger partial charge >= 0.3 is 5.97 Å². The molecule has 3 N–H and O–H groups in total. The lowest BCUT2D eigenvalue weighted by atomic mass is 10.2. The quantitative estimate of drug-likeness (QED) is 0.563. The number of carbonyl (C=O) groups is 2. The highest BCUT2D eigenvalue weighted by Crippen LogP contribution is 1.93. The fraction of sp³-hybridized carbons (Fsp3) is 0.300. The van der Waals surface area contributed by atoms with E-state index in [0.717, 1.165) is 7.11 Å². The number of ether oxygens (including phenoxy) is 1. The van der Waals surface area contributed by atoms with Gasteiger partial charge in [0, 0.05) is 6.20 Å². The fourth-order valence-corrected chi connectivity index (χ4v) is 1.16. The molecule has 1 heterocycles. The van der Waals surface area contributed by atoms with Crippen LogP contribution in [-0.4, -0.2) is 41.7 Å². The molecule has 0 saturated heterocycles. The van der Waals surface area contributed by atoms with Gasteiger partial charge in [-0.15, -0.1) is 0 Å².